The van der Waals surface area contributed by atoms with E-state index in [1.54, 1.807) is 4.90 Å². The second-order valence-corrected chi connectivity index (χ2v) is 8.13. The Labute approximate surface area is 153 Å². The van der Waals surface area contributed by atoms with E-state index in [0.29, 0.717) is 31.6 Å². The molecule has 5 nitrogen and oxygen atoms in total. The van der Waals surface area contributed by atoms with Crippen LogP contribution in [0.4, 0.5) is 19.3 Å². The van der Waals surface area contributed by atoms with Crippen molar-refractivity contribution in [1.29, 1.82) is 0 Å². The quantitative estimate of drug-likeness (QED) is 0.892. The minimum absolute atomic E-state index is 0.0315. The van der Waals surface area contributed by atoms with Gasteiger partial charge < -0.3 is 20.3 Å². The molecule has 0 saturated carbocycles. The van der Waals surface area contributed by atoms with Crippen LogP contribution in [0.1, 0.15) is 32.8 Å². The van der Waals surface area contributed by atoms with Gasteiger partial charge in [0, 0.05) is 31.6 Å². The average molecular weight is 367 g/mol. The number of hydrogen-bond acceptors (Lipinski definition) is 4. The van der Waals surface area contributed by atoms with Gasteiger partial charge in [0.25, 0.3) is 0 Å². The number of anilines is 1. The normalized spacial score (nSPS) is 22.7. The average Bonchev–Trinajstić information content (AvgIpc) is 3.09. The van der Waals surface area contributed by atoms with E-state index in [1.807, 2.05) is 25.7 Å². The first-order valence-electron chi connectivity index (χ1n) is 9.12. The first-order valence-corrected chi connectivity index (χ1v) is 9.12. The van der Waals surface area contributed by atoms with E-state index in [-0.39, 0.29) is 30.3 Å². The fraction of sp³-hybridized carbons (Fsp3) is 0.632. The molecule has 0 radical (unpaired) electrons. The zero-order valence-corrected chi connectivity index (χ0v) is 15.6. The number of hydrogen-bond donors (Lipinski definition) is 1. The molecule has 3 rings (SSSR count). The van der Waals surface area contributed by atoms with Crippen molar-refractivity contribution in [3.05, 3.63) is 29.3 Å². The predicted octanol–water partition coefficient (Wildman–Crippen LogP) is 2.91. The highest BCUT2D eigenvalue weighted by molar-refractivity contribution is 5.69. The number of carbonyl (C=O) groups is 1. The molecule has 2 fully saturated rings. The minimum Gasteiger partial charge on any atom is -0.444 e. The largest absolute Gasteiger partial charge is 0.444 e. The van der Waals surface area contributed by atoms with Gasteiger partial charge in [-0.25, -0.2) is 13.6 Å². The minimum atomic E-state index is -0.554. The van der Waals surface area contributed by atoms with Crippen LogP contribution >= 0.6 is 0 Å². The molecular weight excluding hydrogens is 340 g/mol. The number of rotatable bonds is 3. The van der Waals surface area contributed by atoms with Gasteiger partial charge in [-0.15, -0.1) is 0 Å². The van der Waals surface area contributed by atoms with Gasteiger partial charge in [0.15, 0.2) is 0 Å². The van der Waals surface area contributed by atoms with Crippen LogP contribution in [0.25, 0.3) is 0 Å². The molecule has 1 aromatic rings. The first-order chi connectivity index (χ1) is 12.2. The van der Waals surface area contributed by atoms with Gasteiger partial charge in [0.1, 0.15) is 17.2 Å². The van der Waals surface area contributed by atoms with E-state index in [4.69, 9.17) is 10.5 Å². The molecule has 2 unspecified atom stereocenters. The van der Waals surface area contributed by atoms with Gasteiger partial charge in [0.2, 0.25) is 0 Å². The zero-order chi connectivity index (χ0) is 19.1. The highest BCUT2D eigenvalue weighted by Gasteiger charge is 2.45. The van der Waals surface area contributed by atoms with Crippen molar-refractivity contribution in [1.82, 2.24) is 4.90 Å². The number of nitrogens with two attached hydrogens (primary N) is 1. The third-order valence-corrected chi connectivity index (χ3v) is 5.05. The molecule has 2 aliphatic heterocycles. The van der Waals surface area contributed by atoms with E-state index in [2.05, 4.69) is 0 Å². The van der Waals surface area contributed by atoms with Crippen molar-refractivity contribution < 1.29 is 18.3 Å². The molecule has 0 bridgehead atoms. The number of fused-ring (bicyclic) bond motifs is 1. The van der Waals surface area contributed by atoms with Crippen LogP contribution in [0.3, 0.4) is 0 Å². The maximum Gasteiger partial charge on any atom is 0.410 e. The van der Waals surface area contributed by atoms with Crippen LogP contribution in [0, 0.1) is 17.6 Å². The fourth-order valence-electron chi connectivity index (χ4n) is 3.87. The molecule has 2 N–H and O–H groups in total. The molecule has 2 saturated heterocycles. The van der Waals surface area contributed by atoms with E-state index in [9.17, 15) is 13.6 Å². The zero-order valence-electron chi connectivity index (χ0n) is 15.6. The second kappa shape index (κ2) is 7.02. The van der Waals surface area contributed by atoms with Crippen molar-refractivity contribution in [3.8, 4) is 0 Å². The van der Waals surface area contributed by atoms with Gasteiger partial charge >= 0.3 is 6.09 Å². The molecule has 1 amide bonds. The molecular formula is C19H27F2N3O2. The molecule has 2 heterocycles. The fourth-order valence-corrected chi connectivity index (χ4v) is 3.87. The van der Waals surface area contributed by atoms with Crippen molar-refractivity contribution in [2.24, 2.45) is 11.7 Å². The third-order valence-electron chi connectivity index (χ3n) is 5.05. The lowest BCUT2D eigenvalue weighted by atomic mass is 10.1. The predicted molar refractivity (Wildman–Crippen MR) is 96.2 cm³/mol. The molecule has 0 spiro atoms. The van der Waals surface area contributed by atoms with Crippen molar-refractivity contribution in [3.63, 3.8) is 0 Å². The number of likely N-dealkylation sites (tertiary alicyclic amines) is 1. The Morgan fingerprint density at radius 3 is 2.65 bits per heavy atom. The lowest BCUT2D eigenvalue weighted by Gasteiger charge is -2.29. The summed E-state index contributed by atoms with van der Waals surface area (Å²) in [5.74, 6) is -0.639. The summed E-state index contributed by atoms with van der Waals surface area (Å²) in [5, 5.41) is 0. The van der Waals surface area contributed by atoms with Crippen LogP contribution in [0.2, 0.25) is 0 Å². The van der Waals surface area contributed by atoms with E-state index in [0.717, 1.165) is 6.42 Å². The van der Waals surface area contributed by atoms with Gasteiger partial charge in [0.05, 0.1) is 11.7 Å². The summed E-state index contributed by atoms with van der Waals surface area (Å²) in [7, 11) is 0. The van der Waals surface area contributed by atoms with Crippen LogP contribution in [0.15, 0.2) is 12.1 Å². The van der Waals surface area contributed by atoms with Gasteiger partial charge in [-0.3, -0.25) is 0 Å². The number of halogens is 2. The summed E-state index contributed by atoms with van der Waals surface area (Å²) in [6, 6.07) is 2.45. The van der Waals surface area contributed by atoms with Crippen molar-refractivity contribution >= 4 is 11.8 Å². The summed E-state index contributed by atoms with van der Waals surface area (Å²) in [6.07, 6.45) is 0.813. The van der Waals surface area contributed by atoms with Crippen LogP contribution in [0.5, 0.6) is 0 Å². The third kappa shape index (κ3) is 3.77. The smallest absolute Gasteiger partial charge is 0.410 e. The molecule has 0 aliphatic carbocycles. The van der Waals surface area contributed by atoms with Gasteiger partial charge in [-0.05, 0) is 51.8 Å². The Morgan fingerprint density at radius 2 is 2.00 bits per heavy atom. The maximum atomic E-state index is 14.5. The number of ether oxygens (including phenoxy) is 1. The Kier molecular flexibility index (Phi) is 5.10. The van der Waals surface area contributed by atoms with E-state index in [1.165, 1.54) is 12.1 Å². The van der Waals surface area contributed by atoms with Crippen LogP contribution in [-0.2, 0) is 11.2 Å². The Bertz CT molecular complexity index is 690. The lowest BCUT2D eigenvalue weighted by Crippen LogP contribution is -2.42. The van der Waals surface area contributed by atoms with Crippen molar-refractivity contribution in [2.45, 2.75) is 45.3 Å². The summed E-state index contributed by atoms with van der Waals surface area (Å²) >= 11 is 0. The van der Waals surface area contributed by atoms with Gasteiger partial charge in [-0.2, -0.15) is 0 Å². The highest BCUT2D eigenvalue weighted by atomic mass is 19.1. The summed E-state index contributed by atoms with van der Waals surface area (Å²) in [6.45, 7) is 7.51. The molecule has 0 aromatic heterocycles. The topological polar surface area (TPSA) is 58.8 Å². The summed E-state index contributed by atoms with van der Waals surface area (Å²) in [4.78, 5) is 16.0. The van der Waals surface area contributed by atoms with E-state index >= 15 is 0 Å². The molecule has 1 aromatic carbocycles. The SMILES string of the molecule is CC(C)(C)OC(=O)N1CCC2CN(c3cc(F)c(CCN)cc3F)CC21. The Hall–Kier alpha value is -1.89. The summed E-state index contributed by atoms with van der Waals surface area (Å²) < 4.78 is 34.2. The molecule has 2 aliphatic rings. The first kappa shape index (κ1) is 18.9. The number of amides is 1. The summed E-state index contributed by atoms with van der Waals surface area (Å²) in [5.41, 5.74) is 5.43. The van der Waals surface area contributed by atoms with Crippen LogP contribution in [-0.4, -0.2) is 48.8 Å². The number of nitrogens with zero attached hydrogens (tertiary/aromatic N) is 2. The monoisotopic (exact) mass is 367 g/mol. The molecule has 144 valence electrons. The lowest BCUT2D eigenvalue weighted by molar-refractivity contribution is 0.0229. The number of benzene rings is 1. The molecule has 2 atom stereocenters. The van der Waals surface area contributed by atoms with Crippen LogP contribution < -0.4 is 10.6 Å². The molecule has 7 heteroatoms. The highest BCUT2D eigenvalue weighted by Crippen LogP contribution is 2.36. The van der Waals surface area contributed by atoms with Crippen molar-refractivity contribution in [2.75, 3.05) is 31.1 Å². The molecule has 26 heavy (non-hydrogen) atoms. The Balaban J connectivity index is 1.74. The number of carbonyl (C=O) groups excluding carboxylic acids is 1. The Morgan fingerprint density at radius 1 is 1.27 bits per heavy atom. The van der Waals surface area contributed by atoms with E-state index < -0.39 is 17.2 Å². The van der Waals surface area contributed by atoms with Gasteiger partial charge in [-0.1, -0.05) is 0 Å². The maximum absolute atomic E-state index is 14.5. The second-order valence-electron chi connectivity index (χ2n) is 8.13. The standard InChI is InChI=1S/C19H27F2N3O2/c1-19(2,3)26-18(25)24-7-5-13-10-23(11-17(13)24)16-9-14(20)12(4-6-22)8-15(16)21/h8-9,13,17H,4-7,10-11,22H2,1-3H3.